The molecule has 0 saturated carbocycles. The summed E-state index contributed by atoms with van der Waals surface area (Å²) < 4.78 is 5.40. The van der Waals surface area contributed by atoms with Crippen LogP contribution in [-0.4, -0.2) is 45.3 Å². The fourth-order valence-corrected chi connectivity index (χ4v) is 5.07. The maximum Gasteiger partial charge on any atom is 0.234 e. The van der Waals surface area contributed by atoms with Crippen molar-refractivity contribution in [1.29, 1.82) is 5.26 Å². The van der Waals surface area contributed by atoms with Crippen LogP contribution in [0.15, 0.2) is 36.7 Å². The molecule has 1 fully saturated rings. The standard InChI is InChI=1S/C25H28N6O2S/c1-2-33-24-19(14-26)20(27)13-22(30-24)23(32)7-6-17-8-11-31(12-9-17)16-18-15-29-25(34-18)21-5-3-4-10-28-21/h3-5,10,13,15,17H,2,6-9,11-12,16H2,1H3,(H2,27,30). The van der Waals surface area contributed by atoms with Gasteiger partial charge in [-0.15, -0.1) is 11.3 Å². The van der Waals surface area contributed by atoms with Crippen molar-refractivity contribution >= 4 is 22.8 Å². The van der Waals surface area contributed by atoms with Gasteiger partial charge in [-0.3, -0.25) is 14.7 Å². The van der Waals surface area contributed by atoms with Gasteiger partial charge in [0.1, 0.15) is 22.3 Å². The second kappa shape index (κ2) is 11.2. The molecule has 3 aromatic heterocycles. The third-order valence-corrected chi connectivity index (χ3v) is 7.00. The van der Waals surface area contributed by atoms with Gasteiger partial charge in [0.05, 0.1) is 18.0 Å². The Morgan fingerprint density at radius 1 is 1.32 bits per heavy atom. The molecule has 176 valence electrons. The predicted molar refractivity (Wildman–Crippen MR) is 131 cm³/mol. The number of hydrogen-bond donors (Lipinski definition) is 1. The summed E-state index contributed by atoms with van der Waals surface area (Å²) in [6.07, 6.45) is 7.10. The average molecular weight is 477 g/mol. The monoisotopic (exact) mass is 476 g/mol. The van der Waals surface area contributed by atoms with Gasteiger partial charge in [-0.05, 0) is 63.4 Å². The zero-order valence-corrected chi connectivity index (χ0v) is 20.1. The van der Waals surface area contributed by atoms with E-state index in [1.807, 2.05) is 30.5 Å². The number of thiazole rings is 1. The van der Waals surface area contributed by atoms with Crippen LogP contribution < -0.4 is 10.5 Å². The SMILES string of the molecule is CCOc1nc(C(=O)CCC2CCN(Cc3cnc(-c4ccccn4)s3)CC2)cc(N)c1C#N. The summed E-state index contributed by atoms with van der Waals surface area (Å²) in [6, 6.07) is 9.34. The number of carbonyl (C=O) groups is 1. The second-order valence-electron chi connectivity index (χ2n) is 8.35. The van der Waals surface area contributed by atoms with Crippen molar-refractivity contribution in [3.05, 3.63) is 52.8 Å². The highest BCUT2D eigenvalue weighted by Gasteiger charge is 2.22. The van der Waals surface area contributed by atoms with Crippen molar-refractivity contribution in [2.45, 2.75) is 39.2 Å². The second-order valence-corrected chi connectivity index (χ2v) is 9.46. The molecule has 9 heteroatoms. The van der Waals surface area contributed by atoms with Crippen molar-refractivity contribution in [3.63, 3.8) is 0 Å². The lowest BCUT2D eigenvalue weighted by Gasteiger charge is -2.31. The van der Waals surface area contributed by atoms with Crippen LogP contribution >= 0.6 is 11.3 Å². The van der Waals surface area contributed by atoms with E-state index in [1.165, 1.54) is 10.9 Å². The average Bonchev–Trinajstić information content (AvgIpc) is 3.32. The molecular formula is C25H28N6O2S. The van der Waals surface area contributed by atoms with Crippen molar-refractivity contribution in [2.24, 2.45) is 5.92 Å². The number of nitriles is 1. The Labute approximate surface area is 203 Å². The minimum absolute atomic E-state index is 0.0636. The van der Waals surface area contributed by atoms with E-state index in [0.717, 1.165) is 49.6 Å². The molecule has 1 saturated heterocycles. The van der Waals surface area contributed by atoms with Gasteiger partial charge >= 0.3 is 0 Å². The topological polar surface area (TPSA) is 118 Å². The maximum atomic E-state index is 12.7. The number of Topliss-reactive ketones (excluding diaryl/α,β-unsaturated/α-hetero) is 1. The number of ether oxygens (including phenoxy) is 1. The van der Waals surface area contributed by atoms with Gasteiger partial charge in [0.15, 0.2) is 5.78 Å². The van der Waals surface area contributed by atoms with Crippen LogP contribution in [-0.2, 0) is 6.54 Å². The first-order valence-corrected chi connectivity index (χ1v) is 12.3. The van der Waals surface area contributed by atoms with E-state index in [2.05, 4.69) is 19.9 Å². The number of aromatic nitrogens is 3. The first-order valence-electron chi connectivity index (χ1n) is 11.5. The highest BCUT2D eigenvalue weighted by molar-refractivity contribution is 7.14. The number of rotatable bonds is 9. The number of hydrogen-bond acceptors (Lipinski definition) is 9. The van der Waals surface area contributed by atoms with Crippen LogP contribution in [0.1, 0.15) is 53.5 Å². The van der Waals surface area contributed by atoms with Gasteiger partial charge in [-0.2, -0.15) is 5.26 Å². The first-order chi connectivity index (χ1) is 16.6. The van der Waals surface area contributed by atoms with E-state index in [0.29, 0.717) is 18.9 Å². The molecule has 0 spiro atoms. The maximum absolute atomic E-state index is 12.7. The molecule has 4 heterocycles. The zero-order valence-electron chi connectivity index (χ0n) is 19.2. The Bertz CT molecular complexity index is 1170. The lowest BCUT2D eigenvalue weighted by Crippen LogP contribution is -2.33. The molecule has 0 radical (unpaired) electrons. The molecule has 0 amide bonds. The molecule has 3 aromatic rings. The van der Waals surface area contributed by atoms with E-state index >= 15 is 0 Å². The van der Waals surface area contributed by atoms with Gasteiger partial charge in [-0.1, -0.05) is 6.07 Å². The van der Waals surface area contributed by atoms with Gasteiger partial charge in [0.2, 0.25) is 5.88 Å². The Morgan fingerprint density at radius 2 is 2.15 bits per heavy atom. The van der Waals surface area contributed by atoms with Gasteiger partial charge < -0.3 is 10.5 Å². The van der Waals surface area contributed by atoms with Gasteiger partial charge in [0.25, 0.3) is 0 Å². The Kier molecular flexibility index (Phi) is 7.83. The summed E-state index contributed by atoms with van der Waals surface area (Å²) in [4.78, 5) is 29.6. The number of nitrogen functional groups attached to an aromatic ring is 1. The van der Waals surface area contributed by atoms with Crippen LogP contribution in [0.2, 0.25) is 0 Å². The molecule has 2 N–H and O–H groups in total. The molecule has 0 atom stereocenters. The van der Waals surface area contributed by atoms with E-state index in [-0.39, 0.29) is 28.6 Å². The summed E-state index contributed by atoms with van der Waals surface area (Å²) in [5, 5.41) is 10.2. The number of anilines is 1. The highest BCUT2D eigenvalue weighted by Crippen LogP contribution is 2.28. The lowest BCUT2D eigenvalue weighted by molar-refractivity contribution is 0.0955. The summed E-state index contributed by atoms with van der Waals surface area (Å²) in [5.74, 6) is 0.579. The van der Waals surface area contributed by atoms with Crippen LogP contribution in [0.5, 0.6) is 5.88 Å². The summed E-state index contributed by atoms with van der Waals surface area (Å²) in [6.45, 7) is 5.06. The normalized spacial score (nSPS) is 14.6. The number of piperidine rings is 1. The van der Waals surface area contributed by atoms with Gasteiger partial charge in [0, 0.05) is 30.2 Å². The molecule has 1 aliphatic heterocycles. The Morgan fingerprint density at radius 3 is 2.85 bits per heavy atom. The number of nitrogens with zero attached hydrogens (tertiary/aromatic N) is 5. The van der Waals surface area contributed by atoms with Crippen molar-refractivity contribution < 1.29 is 9.53 Å². The Balaban J connectivity index is 1.26. The first kappa shape index (κ1) is 23.8. The molecule has 34 heavy (non-hydrogen) atoms. The van der Waals surface area contributed by atoms with Crippen LogP contribution in [0.4, 0.5) is 5.69 Å². The van der Waals surface area contributed by atoms with Crippen molar-refractivity contribution in [3.8, 4) is 22.7 Å². The van der Waals surface area contributed by atoms with E-state index in [1.54, 1.807) is 24.5 Å². The molecule has 1 aliphatic rings. The van der Waals surface area contributed by atoms with E-state index < -0.39 is 0 Å². The van der Waals surface area contributed by atoms with Crippen LogP contribution in [0.25, 0.3) is 10.7 Å². The predicted octanol–water partition coefficient (Wildman–Crippen LogP) is 4.33. The third-order valence-electron chi connectivity index (χ3n) is 6.00. The number of carbonyl (C=O) groups excluding carboxylic acids is 1. The number of ketones is 1. The molecule has 0 unspecified atom stereocenters. The molecule has 0 bridgehead atoms. The lowest BCUT2D eigenvalue weighted by atomic mass is 9.91. The minimum Gasteiger partial charge on any atom is -0.477 e. The molecular weight excluding hydrogens is 448 g/mol. The minimum atomic E-state index is -0.0636. The fraction of sp³-hybridized carbons (Fsp3) is 0.400. The number of nitrogens with two attached hydrogens (primary N) is 1. The summed E-state index contributed by atoms with van der Waals surface area (Å²) in [5.41, 5.74) is 7.53. The highest BCUT2D eigenvalue weighted by atomic mass is 32.1. The van der Waals surface area contributed by atoms with Crippen molar-refractivity contribution in [1.82, 2.24) is 19.9 Å². The molecule has 0 aromatic carbocycles. The number of likely N-dealkylation sites (tertiary alicyclic amines) is 1. The van der Waals surface area contributed by atoms with Crippen LogP contribution in [0.3, 0.4) is 0 Å². The molecule has 0 aliphatic carbocycles. The molecule has 4 rings (SSSR count). The number of pyridine rings is 2. The largest absolute Gasteiger partial charge is 0.477 e. The molecule has 8 nitrogen and oxygen atoms in total. The van der Waals surface area contributed by atoms with E-state index in [9.17, 15) is 10.1 Å². The van der Waals surface area contributed by atoms with Crippen molar-refractivity contribution in [2.75, 3.05) is 25.4 Å². The Hall–Kier alpha value is -3.35. The van der Waals surface area contributed by atoms with Gasteiger partial charge in [-0.25, -0.2) is 9.97 Å². The summed E-state index contributed by atoms with van der Waals surface area (Å²) in [7, 11) is 0. The smallest absolute Gasteiger partial charge is 0.234 e. The van der Waals surface area contributed by atoms with Crippen LogP contribution in [0, 0.1) is 17.2 Å². The quantitative estimate of drug-likeness (QED) is 0.454. The van der Waals surface area contributed by atoms with E-state index in [4.69, 9.17) is 10.5 Å². The fourth-order valence-electron chi connectivity index (χ4n) is 4.14. The zero-order chi connectivity index (χ0) is 23.9. The third kappa shape index (κ3) is 5.76. The summed E-state index contributed by atoms with van der Waals surface area (Å²) >= 11 is 1.69.